The number of benzene rings is 2. The van der Waals surface area contributed by atoms with Crippen LogP contribution in [0.2, 0.25) is 0 Å². The predicted molar refractivity (Wildman–Crippen MR) is 137 cm³/mol. The Labute approximate surface area is 207 Å². The summed E-state index contributed by atoms with van der Waals surface area (Å²) in [7, 11) is -3.53. The van der Waals surface area contributed by atoms with Crippen molar-refractivity contribution < 1.29 is 18.0 Å². The minimum atomic E-state index is -3.53. The lowest BCUT2D eigenvalue weighted by Gasteiger charge is -2.35. The Bertz CT molecular complexity index is 1130. The highest BCUT2D eigenvalue weighted by Gasteiger charge is 2.33. The fraction of sp³-hybridized carbons (Fsp3) is 0.407. The smallest absolute Gasteiger partial charge is 0.251 e. The molecule has 2 amide bonds. The third kappa shape index (κ3) is 6.80. The lowest BCUT2D eigenvalue weighted by atomic mass is 9.88. The maximum atomic E-state index is 13.0. The molecule has 1 saturated heterocycles. The first kappa shape index (κ1) is 25.1. The molecule has 1 aliphatic carbocycles. The first-order valence-electron chi connectivity index (χ1n) is 12.3. The normalized spacial score (nSPS) is 22.1. The third-order valence-corrected chi connectivity index (χ3v) is 8.43. The summed E-state index contributed by atoms with van der Waals surface area (Å²) in [4.78, 5) is 25.7. The summed E-state index contributed by atoms with van der Waals surface area (Å²) in [5, 5.41) is 7.50. The molecule has 8 heteroatoms. The van der Waals surface area contributed by atoms with E-state index in [4.69, 9.17) is 0 Å². The van der Waals surface area contributed by atoms with Crippen LogP contribution in [0.5, 0.6) is 0 Å². The van der Waals surface area contributed by atoms with Gasteiger partial charge in [0.05, 0.1) is 0 Å². The number of hydrogen-bond donors (Lipinski definition) is 2. The van der Waals surface area contributed by atoms with Gasteiger partial charge < -0.3 is 10.6 Å². The average molecular weight is 496 g/mol. The molecule has 2 atom stereocenters. The molecule has 0 bridgehead atoms. The Morgan fingerprint density at radius 3 is 2.00 bits per heavy atom. The van der Waals surface area contributed by atoms with Crippen LogP contribution in [0.15, 0.2) is 66.1 Å². The van der Waals surface area contributed by atoms with E-state index in [0.717, 1.165) is 31.2 Å². The van der Waals surface area contributed by atoms with Crippen molar-refractivity contribution in [1.82, 2.24) is 14.9 Å². The van der Waals surface area contributed by atoms with Crippen LogP contribution in [0.4, 0.5) is 0 Å². The van der Waals surface area contributed by atoms with E-state index < -0.39 is 10.0 Å². The van der Waals surface area contributed by atoms with Gasteiger partial charge in [0.15, 0.2) is 0 Å². The maximum absolute atomic E-state index is 13.0. The van der Waals surface area contributed by atoms with E-state index >= 15 is 0 Å². The molecule has 0 radical (unpaired) electrons. The highest BCUT2D eigenvalue weighted by Crippen LogP contribution is 2.24. The summed E-state index contributed by atoms with van der Waals surface area (Å²) in [6.45, 7) is 0.636. The molecule has 0 aromatic heterocycles. The summed E-state index contributed by atoms with van der Waals surface area (Å²) in [5.41, 5.74) is 1.43. The van der Waals surface area contributed by atoms with Gasteiger partial charge in [-0.15, -0.1) is 0 Å². The molecule has 2 aromatic carbocycles. The highest BCUT2D eigenvalue weighted by molar-refractivity contribution is 7.92. The van der Waals surface area contributed by atoms with E-state index in [1.54, 1.807) is 18.2 Å². The zero-order valence-corrected chi connectivity index (χ0v) is 20.6. The summed E-state index contributed by atoms with van der Waals surface area (Å²) < 4.78 is 26.9. The van der Waals surface area contributed by atoms with Crippen LogP contribution < -0.4 is 10.6 Å². The summed E-state index contributed by atoms with van der Waals surface area (Å²) in [6.07, 6.45) is 6.24. The SMILES string of the molecule is O=C(N[C@@H]1CCCC[C@H]1NC(=O)C1CCN(S(=O)(=O)C=Cc2ccccc2)CC1)c1ccccc1. The van der Waals surface area contributed by atoms with Crippen LogP contribution >= 0.6 is 0 Å². The standard InChI is InChI=1S/C27H33N3O4S/c31-26(22-11-5-2-6-12-22)28-24-13-7-8-14-25(24)29-27(32)23-15-18-30(19-16-23)35(33,34)20-17-21-9-3-1-4-10-21/h1-6,9-12,17,20,23-25H,7-8,13-16,18-19H2,(H,28,31)(H,29,32)/t24-,25-/m1/s1. The van der Waals surface area contributed by atoms with Crippen LogP contribution in [-0.4, -0.2) is 49.7 Å². The fourth-order valence-electron chi connectivity index (χ4n) is 4.81. The van der Waals surface area contributed by atoms with Crippen molar-refractivity contribution in [3.8, 4) is 0 Å². The first-order valence-corrected chi connectivity index (χ1v) is 13.8. The second kappa shape index (κ2) is 11.6. The van der Waals surface area contributed by atoms with Crippen LogP contribution in [0, 0.1) is 5.92 Å². The van der Waals surface area contributed by atoms with Gasteiger partial charge in [0.25, 0.3) is 5.91 Å². The molecular weight excluding hydrogens is 462 g/mol. The van der Waals surface area contributed by atoms with Crippen molar-refractivity contribution >= 4 is 27.9 Å². The molecule has 1 heterocycles. The number of carbonyl (C=O) groups excluding carboxylic acids is 2. The van der Waals surface area contributed by atoms with Crippen LogP contribution in [-0.2, 0) is 14.8 Å². The van der Waals surface area contributed by atoms with Gasteiger partial charge in [0.2, 0.25) is 15.9 Å². The van der Waals surface area contributed by atoms with Gasteiger partial charge in [-0.25, -0.2) is 8.42 Å². The van der Waals surface area contributed by atoms with Crippen molar-refractivity contribution in [2.24, 2.45) is 5.92 Å². The van der Waals surface area contributed by atoms with E-state index in [-0.39, 0.29) is 29.8 Å². The van der Waals surface area contributed by atoms with E-state index in [2.05, 4.69) is 10.6 Å². The Hall–Kier alpha value is -2.97. The van der Waals surface area contributed by atoms with Crippen molar-refractivity contribution in [2.75, 3.05) is 13.1 Å². The maximum Gasteiger partial charge on any atom is 0.251 e. The van der Waals surface area contributed by atoms with Gasteiger partial charge in [-0.05, 0) is 49.5 Å². The molecule has 186 valence electrons. The second-order valence-electron chi connectivity index (χ2n) is 9.28. The van der Waals surface area contributed by atoms with Crippen molar-refractivity contribution in [2.45, 2.75) is 50.6 Å². The zero-order chi connectivity index (χ0) is 24.7. The number of carbonyl (C=O) groups is 2. The van der Waals surface area contributed by atoms with Gasteiger partial charge in [-0.2, -0.15) is 4.31 Å². The van der Waals surface area contributed by atoms with Crippen molar-refractivity contribution in [1.29, 1.82) is 0 Å². The van der Waals surface area contributed by atoms with Gasteiger partial charge in [-0.3, -0.25) is 9.59 Å². The molecule has 1 aliphatic heterocycles. The zero-order valence-electron chi connectivity index (χ0n) is 19.8. The monoisotopic (exact) mass is 495 g/mol. The first-order chi connectivity index (χ1) is 16.9. The van der Waals surface area contributed by atoms with Gasteiger partial charge in [0, 0.05) is 42.1 Å². The number of hydrogen-bond acceptors (Lipinski definition) is 4. The molecule has 1 saturated carbocycles. The molecule has 4 rings (SSSR count). The number of nitrogens with one attached hydrogen (secondary N) is 2. The summed E-state index contributed by atoms with van der Waals surface area (Å²) in [5.74, 6) is -0.404. The molecule has 7 nitrogen and oxygen atoms in total. The Morgan fingerprint density at radius 1 is 0.800 bits per heavy atom. The fourth-order valence-corrected chi connectivity index (χ4v) is 6.03. The van der Waals surface area contributed by atoms with Gasteiger partial charge >= 0.3 is 0 Å². The number of piperidine rings is 1. The largest absolute Gasteiger partial charge is 0.351 e. The third-order valence-electron chi connectivity index (χ3n) is 6.86. The van der Waals surface area contributed by atoms with Crippen molar-refractivity contribution in [3.63, 3.8) is 0 Å². The number of sulfonamides is 1. The van der Waals surface area contributed by atoms with E-state index in [0.29, 0.717) is 31.5 Å². The summed E-state index contributed by atoms with van der Waals surface area (Å²) in [6, 6.07) is 18.2. The molecule has 2 fully saturated rings. The lowest BCUT2D eigenvalue weighted by molar-refractivity contribution is -0.127. The lowest BCUT2D eigenvalue weighted by Crippen LogP contribution is -2.55. The Kier molecular flexibility index (Phi) is 8.36. The molecule has 2 aromatic rings. The van der Waals surface area contributed by atoms with E-state index in [1.807, 2.05) is 48.5 Å². The average Bonchev–Trinajstić information content (AvgIpc) is 2.90. The second-order valence-corrected chi connectivity index (χ2v) is 11.1. The van der Waals surface area contributed by atoms with E-state index in [9.17, 15) is 18.0 Å². The topological polar surface area (TPSA) is 95.6 Å². The molecule has 2 aliphatic rings. The number of nitrogens with zero attached hydrogens (tertiary/aromatic N) is 1. The van der Waals surface area contributed by atoms with Gasteiger partial charge in [-0.1, -0.05) is 61.4 Å². The molecule has 0 spiro atoms. The quantitative estimate of drug-likeness (QED) is 0.614. The summed E-state index contributed by atoms with van der Waals surface area (Å²) >= 11 is 0. The van der Waals surface area contributed by atoms with Crippen LogP contribution in [0.25, 0.3) is 6.08 Å². The Morgan fingerprint density at radius 2 is 1.37 bits per heavy atom. The van der Waals surface area contributed by atoms with Gasteiger partial charge in [0.1, 0.15) is 0 Å². The minimum absolute atomic E-state index is 0.0484. The Balaban J connectivity index is 1.29. The van der Waals surface area contributed by atoms with Crippen LogP contribution in [0.1, 0.15) is 54.4 Å². The minimum Gasteiger partial charge on any atom is -0.351 e. The molecular formula is C27H33N3O4S. The molecule has 0 unspecified atom stereocenters. The number of rotatable bonds is 7. The van der Waals surface area contributed by atoms with E-state index in [1.165, 1.54) is 9.71 Å². The highest BCUT2D eigenvalue weighted by atomic mass is 32.2. The predicted octanol–water partition coefficient (Wildman–Crippen LogP) is 3.56. The molecule has 35 heavy (non-hydrogen) atoms. The van der Waals surface area contributed by atoms with Crippen molar-refractivity contribution in [3.05, 3.63) is 77.2 Å². The number of amides is 2. The van der Waals surface area contributed by atoms with Crippen LogP contribution in [0.3, 0.4) is 0 Å². The molecule has 2 N–H and O–H groups in total.